The highest BCUT2D eigenvalue weighted by molar-refractivity contribution is 7.89. The van der Waals surface area contributed by atoms with Crippen LogP contribution in [0.2, 0.25) is 0 Å². The fraction of sp³-hybridized carbons (Fsp3) is 0.273. The first-order valence-electron chi connectivity index (χ1n) is 5.28. The second-order valence-corrected chi connectivity index (χ2v) is 5.85. The zero-order chi connectivity index (χ0) is 13.2. The molecule has 5 nitrogen and oxygen atoms in total. The highest BCUT2D eigenvalue weighted by atomic mass is 32.2. The number of sulfonamides is 1. The van der Waals surface area contributed by atoms with Crippen LogP contribution < -0.4 is 4.72 Å². The van der Waals surface area contributed by atoms with Crippen LogP contribution in [-0.4, -0.2) is 14.5 Å². The minimum atomic E-state index is -3.67. The molecule has 0 bridgehead atoms. The van der Waals surface area contributed by atoms with Gasteiger partial charge in [-0.15, -0.1) is 6.42 Å². The first-order valence-corrected chi connectivity index (χ1v) is 7.49. The first kappa shape index (κ1) is 13.0. The molecule has 0 aromatic heterocycles. The molecule has 1 atom stereocenters. The van der Waals surface area contributed by atoms with Crippen LogP contribution >= 0.6 is 0 Å². The fourth-order valence-electron chi connectivity index (χ4n) is 1.48. The highest BCUT2D eigenvalue weighted by Gasteiger charge is 2.24. The normalized spacial score (nSPS) is 14.7. The number of benzene rings is 1. The van der Waals surface area contributed by atoms with Gasteiger partial charge in [-0.3, -0.25) is 0 Å². The molecule has 0 saturated carbocycles. The number of hydrogen-bond donors (Lipinski definition) is 1. The van der Waals surface area contributed by atoms with Crippen molar-refractivity contribution in [3.8, 4) is 12.3 Å². The molecule has 0 fully saturated rings. The Morgan fingerprint density at radius 2 is 2.28 bits per heavy atom. The highest BCUT2D eigenvalue weighted by Crippen LogP contribution is 2.37. The summed E-state index contributed by atoms with van der Waals surface area (Å²) >= 11 is 0.981. The molecule has 1 heterocycles. The van der Waals surface area contributed by atoms with Crippen molar-refractivity contribution in [2.75, 3.05) is 0 Å². The molecular formula is C11H11N3O2S2. The number of nitrogens with zero attached hydrogens (tertiary/aromatic N) is 2. The molecule has 1 N–H and O–H groups in total. The summed E-state index contributed by atoms with van der Waals surface area (Å²) in [6.45, 7) is 1.82. The Bertz CT molecular complexity index is 683. The average molecular weight is 281 g/mol. The van der Waals surface area contributed by atoms with E-state index in [0.29, 0.717) is 17.8 Å². The molecule has 0 saturated heterocycles. The van der Waals surface area contributed by atoms with Crippen molar-refractivity contribution in [2.45, 2.75) is 24.3 Å². The van der Waals surface area contributed by atoms with Crippen LogP contribution in [0.1, 0.15) is 13.3 Å². The van der Waals surface area contributed by atoms with Gasteiger partial charge in [-0.1, -0.05) is 18.9 Å². The maximum atomic E-state index is 12.2. The van der Waals surface area contributed by atoms with Gasteiger partial charge in [-0.05, 0) is 18.6 Å². The molecule has 18 heavy (non-hydrogen) atoms. The SMILES string of the molecule is C#CC(CC)NS(=O)(=O)c1cccc2c1N=S=N2. The Morgan fingerprint density at radius 3 is 2.94 bits per heavy atom. The van der Waals surface area contributed by atoms with E-state index in [2.05, 4.69) is 19.4 Å². The smallest absolute Gasteiger partial charge is 0.207 e. The number of nitrogens with one attached hydrogen (secondary N) is 1. The topological polar surface area (TPSA) is 70.9 Å². The van der Waals surface area contributed by atoms with Crippen molar-refractivity contribution >= 4 is 32.8 Å². The Kier molecular flexibility index (Phi) is 3.61. The number of hydrogen-bond acceptors (Lipinski definition) is 4. The predicted molar refractivity (Wildman–Crippen MR) is 71.2 cm³/mol. The van der Waals surface area contributed by atoms with E-state index in [1.807, 2.05) is 6.92 Å². The second kappa shape index (κ2) is 5.02. The van der Waals surface area contributed by atoms with E-state index in [1.165, 1.54) is 6.07 Å². The summed E-state index contributed by atoms with van der Waals surface area (Å²) in [5.74, 6) is 2.40. The van der Waals surface area contributed by atoms with E-state index >= 15 is 0 Å². The Labute approximate surface area is 110 Å². The monoisotopic (exact) mass is 281 g/mol. The molecule has 2 rings (SSSR count). The van der Waals surface area contributed by atoms with Gasteiger partial charge in [0, 0.05) is 0 Å². The van der Waals surface area contributed by atoms with Crippen molar-refractivity contribution in [1.29, 1.82) is 0 Å². The van der Waals surface area contributed by atoms with E-state index in [-0.39, 0.29) is 4.90 Å². The predicted octanol–water partition coefficient (Wildman–Crippen LogP) is 2.10. The standard InChI is InChI=1S/C11H11N3O2S2/c1-3-8(4-2)14-18(15,16)10-7-5-6-9-11(10)13-17-12-9/h1,5-8,14H,4H2,2H3. The van der Waals surface area contributed by atoms with Gasteiger partial charge in [0.15, 0.2) is 0 Å². The van der Waals surface area contributed by atoms with Crippen LogP contribution in [0.4, 0.5) is 11.4 Å². The molecule has 1 aromatic carbocycles. The lowest BCUT2D eigenvalue weighted by Gasteiger charge is -2.12. The first-order chi connectivity index (χ1) is 8.58. The van der Waals surface area contributed by atoms with Gasteiger partial charge >= 0.3 is 0 Å². The molecule has 1 aromatic rings. The van der Waals surface area contributed by atoms with Crippen molar-refractivity contribution in [3.05, 3.63) is 18.2 Å². The molecule has 1 aliphatic heterocycles. The van der Waals surface area contributed by atoms with E-state index < -0.39 is 16.1 Å². The van der Waals surface area contributed by atoms with Gasteiger partial charge < -0.3 is 0 Å². The maximum Gasteiger partial charge on any atom is 0.243 e. The zero-order valence-electron chi connectivity index (χ0n) is 9.62. The summed E-state index contributed by atoms with van der Waals surface area (Å²) in [5, 5.41) is 0. The lowest BCUT2D eigenvalue weighted by atomic mass is 10.3. The molecule has 7 heteroatoms. The molecular weight excluding hydrogens is 270 g/mol. The third-order valence-corrected chi connectivity index (χ3v) is 4.49. The number of rotatable bonds is 4. The van der Waals surface area contributed by atoms with E-state index in [0.717, 1.165) is 11.4 Å². The summed E-state index contributed by atoms with van der Waals surface area (Å²) in [4.78, 5) is 0.113. The van der Waals surface area contributed by atoms with Crippen molar-refractivity contribution < 1.29 is 8.42 Å². The maximum absolute atomic E-state index is 12.2. The lowest BCUT2D eigenvalue weighted by Crippen LogP contribution is -2.33. The molecule has 0 spiro atoms. The average Bonchev–Trinajstić information content (AvgIpc) is 2.83. The van der Waals surface area contributed by atoms with E-state index in [1.54, 1.807) is 12.1 Å². The molecule has 94 valence electrons. The van der Waals surface area contributed by atoms with Crippen LogP contribution in [0.5, 0.6) is 0 Å². The summed E-state index contributed by atoms with van der Waals surface area (Å²) in [6, 6.07) is 4.33. The van der Waals surface area contributed by atoms with Gasteiger partial charge in [-0.25, -0.2) is 8.42 Å². The quantitative estimate of drug-likeness (QED) is 0.872. The molecule has 1 unspecified atom stereocenters. The minimum absolute atomic E-state index is 0.113. The van der Waals surface area contributed by atoms with E-state index in [4.69, 9.17) is 6.42 Å². The fourth-order valence-corrected chi connectivity index (χ4v) is 3.49. The van der Waals surface area contributed by atoms with Crippen LogP contribution in [0.25, 0.3) is 0 Å². The molecule has 0 amide bonds. The third-order valence-electron chi connectivity index (χ3n) is 2.45. The van der Waals surface area contributed by atoms with Gasteiger partial charge in [0.25, 0.3) is 0 Å². The van der Waals surface area contributed by atoms with Crippen LogP contribution in [0, 0.1) is 12.3 Å². The van der Waals surface area contributed by atoms with Crippen LogP contribution in [-0.2, 0) is 21.4 Å². The van der Waals surface area contributed by atoms with Gasteiger partial charge in [0.2, 0.25) is 10.0 Å². The van der Waals surface area contributed by atoms with Crippen molar-refractivity contribution in [2.24, 2.45) is 8.73 Å². The number of terminal acetylenes is 1. The summed E-state index contributed by atoms with van der Waals surface area (Å²) in [7, 11) is -3.67. The summed E-state index contributed by atoms with van der Waals surface area (Å²) in [5.41, 5.74) is 0.943. The van der Waals surface area contributed by atoms with Gasteiger partial charge in [0.05, 0.1) is 17.4 Å². The lowest BCUT2D eigenvalue weighted by molar-refractivity contribution is 0.571. The summed E-state index contributed by atoms with van der Waals surface area (Å²) < 4.78 is 34.9. The zero-order valence-corrected chi connectivity index (χ0v) is 11.3. The minimum Gasteiger partial charge on any atom is -0.207 e. The van der Waals surface area contributed by atoms with Crippen LogP contribution in [0.15, 0.2) is 31.8 Å². The molecule has 1 aliphatic rings. The second-order valence-electron chi connectivity index (χ2n) is 3.64. The molecule has 0 aliphatic carbocycles. The Hall–Kier alpha value is -1.49. The van der Waals surface area contributed by atoms with Crippen molar-refractivity contribution in [1.82, 2.24) is 4.72 Å². The molecule has 0 radical (unpaired) electrons. The van der Waals surface area contributed by atoms with Crippen molar-refractivity contribution in [3.63, 3.8) is 0 Å². The largest absolute Gasteiger partial charge is 0.243 e. The van der Waals surface area contributed by atoms with Crippen LogP contribution in [0.3, 0.4) is 0 Å². The third kappa shape index (κ3) is 2.36. The van der Waals surface area contributed by atoms with Gasteiger partial charge in [0.1, 0.15) is 16.3 Å². The Morgan fingerprint density at radius 1 is 1.50 bits per heavy atom. The summed E-state index contributed by atoms with van der Waals surface area (Å²) in [6.07, 6.45) is 5.79. The van der Waals surface area contributed by atoms with E-state index in [9.17, 15) is 8.42 Å². The Balaban J connectivity index is 2.41. The number of fused-ring (bicyclic) bond motifs is 1. The van der Waals surface area contributed by atoms with Gasteiger partial charge in [-0.2, -0.15) is 13.4 Å².